The molecule has 13 heavy (non-hydrogen) atoms. The predicted molar refractivity (Wildman–Crippen MR) is 45.8 cm³/mol. The van der Waals surface area contributed by atoms with Crippen LogP contribution in [-0.4, -0.2) is 9.97 Å². The van der Waals surface area contributed by atoms with Crippen molar-refractivity contribution in [3.8, 4) is 12.1 Å². The monoisotopic (exact) mass is 171 g/mol. The van der Waals surface area contributed by atoms with Crippen LogP contribution >= 0.6 is 0 Å². The number of hydrogen-bond acceptors (Lipinski definition) is 4. The normalized spacial score (nSPS) is 9.46. The van der Waals surface area contributed by atoms with E-state index in [1.807, 2.05) is 24.3 Å². The molecule has 2 aromatic rings. The van der Waals surface area contributed by atoms with E-state index >= 15 is 0 Å². The van der Waals surface area contributed by atoms with E-state index < -0.39 is 0 Å². The van der Waals surface area contributed by atoms with Crippen molar-refractivity contribution in [2.24, 2.45) is 0 Å². The van der Waals surface area contributed by atoms with Gasteiger partial charge in [-0.15, -0.1) is 5.26 Å². The lowest BCUT2D eigenvalue weighted by Gasteiger charge is -1.96. The van der Waals surface area contributed by atoms with Crippen molar-refractivity contribution in [3.63, 3.8) is 0 Å². The number of aromatic nitrogens is 2. The van der Waals surface area contributed by atoms with Crippen molar-refractivity contribution in [1.82, 2.24) is 9.97 Å². The molecule has 0 atom stereocenters. The first kappa shape index (κ1) is 7.50. The summed E-state index contributed by atoms with van der Waals surface area (Å²) in [6.07, 6.45) is 2.97. The summed E-state index contributed by atoms with van der Waals surface area (Å²) >= 11 is 0. The van der Waals surface area contributed by atoms with Crippen LogP contribution in [0.3, 0.4) is 0 Å². The van der Waals surface area contributed by atoms with E-state index in [1.165, 1.54) is 6.20 Å². The average molecular weight is 171 g/mol. The van der Waals surface area contributed by atoms with Crippen LogP contribution < -0.4 is 4.74 Å². The Morgan fingerprint density at radius 2 is 2.00 bits per heavy atom. The van der Waals surface area contributed by atoms with Crippen LogP contribution in [0.15, 0.2) is 30.5 Å². The summed E-state index contributed by atoms with van der Waals surface area (Å²) < 4.78 is 4.55. The van der Waals surface area contributed by atoms with Crippen molar-refractivity contribution in [3.05, 3.63) is 30.5 Å². The first-order valence-electron chi connectivity index (χ1n) is 3.68. The van der Waals surface area contributed by atoms with Crippen LogP contribution in [0.4, 0.5) is 0 Å². The maximum atomic E-state index is 8.25. The van der Waals surface area contributed by atoms with Crippen molar-refractivity contribution >= 4 is 11.0 Å². The Balaban J connectivity index is 2.57. The highest BCUT2D eigenvalue weighted by atomic mass is 16.5. The third-order valence-corrected chi connectivity index (χ3v) is 1.58. The van der Waals surface area contributed by atoms with Crippen molar-refractivity contribution < 1.29 is 4.74 Å². The van der Waals surface area contributed by atoms with Crippen LogP contribution in [0.5, 0.6) is 5.88 Å². The Morgan fingerprint density at radius 1 is 1.23 bits per heavy atom. The second-order valence-corrected chi connectivity index (χ2v) is 2.39. The number of rotatable bonds is 1. The molecule has 0 radical (unpaired) electrons. The van der Waals surface area contributed by atoms with Gasteiger partial charge < -0.3 is 4.74 Å². The molecule has 4 heteroatoms. The molecule has 2 rings (SSSR count). The summed E-state index contributed by atoms with van der Waals surface area (Å²) in [5.41, 5.74) is 1.50. The zero-order valence-electron chi connectivity index (χ0n) is 6.64. The van der Waals surface area contributed by atoms with Gasteiger partial charge >= 0.3 is 0 Å². The van der Waals surface area contributed by atoms with E-state index in [0.717, 1.165) is 11.0 Å². The van der Waals surface area contributed by atoms with Gasteiger partial charge in [-0.25, -0.2) is 9.97 Å². The Morgan fingerprint density at radius 3 is 2.77 bits per heavy atom. The highest BCUT2D eigenvalue weighted by Gasteiger charge is 1.98. The predicted octanol–water partition coefficient (Wildman–Crippen LogP) is 1.49. The number of hydrogen-bond donors (Lipinski definition) is 0. The van der Waals surface area contributed by atoms with Crippen LogP contribution in [0.25, 0.3) is 11.0 Å². The first-order valence-corrected chi connectivity index (χ1v) is 3.68. The van der Waals surface area contributed by atoms with Gasteiger partial charge in [-0.3, -0.25) is 0 Å². The van der Waals surface area contributed by atoms with Gasteiger partial charge in [-0.1, -0.05) is 12.1 Å². The molecule has 4 nitrogen and oxygen atoms in total. The zero-order valence-corrected chi connectivity index (χ0v) is 6.64. The fourth-order valence-electron chi connectivity index (χ4n) is 1.04. The number of ether oxygens (including phenoxy) is 1. The van der Waals surface area contributed by atoms with Gasteiger partial charge in [0.25, 0.3) is 12.1 Å². The molecule has 0 spiro atoms. The van der Waals surface area contributed by atoms with Gasteiger partial charge in [0.05, 0.1) is 17.2 Å². The Bertz CT molecular complexity index is 475. The molecule has 0 aliphatic heterocycles. The smallest absolute Gasteiger partial charge is 0.293 e. The fraction of sp³-hybridized carbons (Fsp3) is 0. The summed E-state index contributed by atoms with van der Waals surface area (Å²) in [6, 6.07) is 7.39. The third-order valence-electron chi connectivity index (χ3n) is 1.58. The molecule has 0 N–H and O–H groups in total. The molecule has 62 valence electrons. The number of benzene rings is 1. The minimum atomic E-state index is 0.223. The van der Waals surface area contributed by atoms with Crippen molar-refractivity contribution in [2.75, 3.05) is 0 Å². The van der Waals surface area contributed by atoms with Crippen LogP contribution in [0.2, 0.25) is 0 Å². The van der Waals surface area contributed by atoms with E-state index in [-0.39, 0.29) is 5.88 Å². The minimum Gasteiger partial charge on any atom is -0.366 e. The Labute approximate surface area is 74.4 Å². The van der Waals surface area contributed by atoms with Gasteiger partial charge in [0.1, 0.15) is 0 Å². The lowest BCUT2D eigenvalue weighted by atomic mass is 10.3. The van der Waals surface area contributed by atoms with Gasteiger partial charge in [0, 0.05) is 0 Å². The van der Waals surface area contributed by atoms with E-state index in [2.05, 4.69) is 14.7 Å². The molecule has 0 bridgehead atoms. The summed E-state index contributed by atoms with van der Waals surface area (Å²) in [6.45, 7) is 0. The zero-order chi connectivity index (χ0) is 9.10. The Kier molecular flexibility index (Phi) is 1.77. The molecule has 0 saturated carbocycles. The van der Waals surface area contributed by atoms with Crippen LogP contribution in [-0.2, 0) is 0 Å². The first-order chi connectivity index (χ1) is 6.40. The molecule has 0 aliphatic carbocycles. The van der Waals surface area contributed by atoms with E-state index in [9.17, 15) is 0 Å². The summed E-state index contributed by atoms with van der Waals surface area (Å²) in [4.78, 5) is 8.12. The highest BCUT2D eigenvalue weighted by molar-refractivity contribution is 5.73. The maximum Gasteiger partial charge on any atom is 0.293 e. The number of fused-ring (bicyclic) bond motifs is 1. The topological polar surface area (TPSA) is 58.8 Å². The molecule has 0 saturated heterocycles. The highest BCUT2D eigenvalue weighted by Crippen LogP contribution is 2.12. The second kappa shape index (κ2) is 3.07. The average Bonchev–Trinajstić information content (AvgIpc) is 2.18. The third kappa shape index (κ3) is 1.40. The molecule has 0 fully saturated rings. The standard InChI is InChI=1S/C9H5N3O/c10-6-13-9-5-11-7-3-1-2-4-8(7)12-9/h1-5H. The fourth-order valence-corrected chi connectivity index (χ4v) is 1.04. The molecule has 1 heterocycles. The summed E-state index contributed by atoms with van der Waals surface area (Å²) in [5, 5.41) is 8.25. The molecule has 0 amide bonds. The molecule has 0 unspecified atom stereocenters. The molecular formula is C9H5N3O. The van der Waals surface area contributed by atoms with Crippen LogP contribution in [0.1, 0.15) is 0 Å². The second-order valence-electron chi connectivity index (χ2n) is 2.39. The minimum absolute atomic E-state index is 0.223. The maximum absolute atomic E-state index is 8.25. The Hall–Kier alpha value is -2.15. The lowest BCUT2D eigenvalue weighted by molar-refractivity contribution is 0.486. The molecule has 1 aromatic heterocycles. The largest absolute Gasteiger partial charge is 0.366 e. The van der Waals surface area contributed by atoms with Gasteiger partial charge in [0.15, 0.2) is 0 Å². The number of nitriles is 1. The molecule has 1 aromatic carbocycles. The quantitative estimate of drug-likeness (QED) is 0.610. The van der Waals surface area contributed by atoms with E-state index in [0.29, 0.717) is 0 Å². The van der Waals surface area contributed by atoms with Crippen LogP contribution in [0, 0.1) is 11.5 Å². The molecule has 0 aliphatic rings. The van der Waals surface area contributed by atoms with Gasteiger partial charge in [0.2, 0.25) is 0 Å². The summed E-state index contributed by atoms with van der Waals surface area (Å²) in [7, 11) is 0. The SMILES string of the molecule is N#COc1cnc2ccccc2n1. The number of nitrogens with zero attached hydrogens (tertiary/aromatic N) is 3. The summed E-state index contributed by atoms with van der Waals surface area (Å²) in [5.74, 6) is 0.223. The van der Waals surface area contributed by atoms with Crippen molar-refractivity contribution in [1.29, 1.82) is 5.26 Å². The lowest BCUT2D eigenvalue weighted by Crippen LogP contribution is -1.89. The molecular weight excluding hydrogens is 166 g/mol. The number of para-hydroxylation sites is 2. The van der Waals surface area contributed by atoms with Gasteiger partial charge in [-0.2, -0.15) is 0 Å². The van der Waals surface area contributed by atoms with Gasteiger partial charge in [-0.05, 0) is 12.1 Å². The van der Waals surface area contributed by atoms with E-state index in [1.54, 1.807) is 6.26 Å². The van der Waals surface area contributed by atoms with E-state index in [4.69, 9.17) is 5.26 Å². The van der Waals surface area contributed by atoms with Crippen molar-refractivity contribution in [2.45, 2.75) is 0 Å².